The van der Waals surface area contributed by atoms with E-state index >= 15 is 0 Å². The van der Waals surface area contributed by atoms with E-state index in [4.69, 9.17) is 0 Å². The maximum Gasteiger partial charge on any atom is 0.272 e. The molecule has 2 amide bonds. The molecule has 2 aromatic carbocycles. The molecular weight excluding hydrogens is 422 g/mol. The average Bonchev–Trinajstić information content (AvgIpc) is 3.09. The Kier molecular flexibility index (Phi) is 6.09. The number of Topliss-reactive ketones (excluding diaryl/α,β-unsaturated/α-hetero) is 1. The van der Waals surface area contributed by atoms with Crippen LogP contribution in [0.15, 0.2) is 48.7 Å². The van der Waals surface area contributed by atoms with Crippen LogP contribution in [0.2, 0.25) is 0 Å². The summed E-state index contributed by atoms with van der Waals surface area (Å²) in [6.07, 6.45) is 2.15. The first-order chi connectivity index (χ1) is 15.7. The lowest BCUT2D eigenvalue weighted by molar-refractivity contribution is -0.385. The van der Waals surface area contributed by atoms with Gasteiger partial charge in [0.25, 0.3) is 11.6 Å². The number of hydrogen-bond acceptors (Lipinski definition) is 5. The van der Waals surface area contributed by atoms with Gasteiger partial charge in [0.05, 0.1) is 4.92 Å². The average molecular weight is 447 g/mol. The third kappa shape index (κ3) is 4.69. The van der Waals surface area contributed by atoms with Gasteiger partial charge in [-0.2, -0.15) is 0 Å². The number of hydrogen-bond donors (Lipinski definition) is 1. The van der Waals surface area contributed by atoms with E-state index in [1.807, 2.05) is 12.1 Å². The quantitative estimate of drug-likeness (QED) is 0.517. The van der Waals surface area contributed by atoms with Gasteiger partial charge in [0.1, 0.15) is 11.8 Å². The lowest BCUT2D eigenvalue weighted by Gasteiger charge is -2.30. The minimum Gasteiger partial charge on any atom is -0.329 e. The molecule has 0 aromatic heterocycles. The Bertz CT molecular complexity index is 1190. The summed E-state index contributed by atoms with van der Waals surface area (Å²) in [4.78, 5) is 49.9. The molecule has 8 heteroatoms. The van der Waals surface area contributed by atoms with Gasteiger partial charge in [-0.1, -0.05) is 30.8 Å². The molecule has 0 aliphatic carbocycles. The van der Waals surface area contributed by atoms with E-state index < -0.39 is 11.0 Å². The molecule has 170 valence electrons. The first-order valence-corrected chi connectivity index (χ1v) is 10.9. The Hall–Kier alpha value is -3.81. The summed E-state index contributed by atoms with van der Waals surface area (Å²) in [5.74, 6) is -0.360. The SMILES string of the molecule is C=C1CCC(N2Cc3cc(CCC(=O)Cc4ccc(C)c([N+](=O)[O-])c4)ccc3C2=O)C(=O)N1. The summed E-state index contributed by atoms with van der Waals surface area (Å²) >= 11 is 0. The Morgan fingerprint density at radius 2 is 1.97 bits per heavy atom. The fourth-order valence-electron chi connectivity index (χ4n) is 4.42. The number of amides is 2. The van der Waals surface area contributed by atoms with Gasteiger partial charge in [-0.15, -0.1) is 0 Å². The molecule has 4 rings (SSSR count). The highest BCUT2D eigenvalue weighted by Gasteiger charge is 2.38. The van der Waals surface area contributed by atoms with E-state index in [-0.39, 0.29) is 29.7 Å². The van der Waals surface area contributed by atoms with Gasteiger partial charge in [0.2, 0.25) is 5.91 Å². The first-order valence-electron chi connectivity index (χ1n) is 10.9. The van der Waals surface area contributed by atoms with Crippen LogP contribution in [0.1, 0.15) is 51.9 Å². The Labute approximate surface area is 191 Å². The maximum absolute atomic E-state index is 12.8. The summed E-state index contributed by atoms with van der Waals surface area (Å²) in [7, 11) is 0. The van der Waals surface area contributed by atoms with Gasteiger partial charge >= 0.3 is 0 Å². The number of rotatable bonds is 7. The lowest BCUT2D eigenvalue weighted by Crippen LogP contribution is -2.49. The fraction of sp³-hybridized carbons (Fsp3) is 0.320. The van der Waals surface area contributed by atoms with E-state index in [0.29, 0.717) is 54.6 Å². The molecule has 0 saturated carbocycles. The van der Waals surface area contributed by atoms with E-state index in [1.54, 1.807) is 30.0 Å². The van der Waals surface area contributed by atoms with Crippen molar-refractivity contribution in [2.45, 2.75) is 51.6 Å². The molecule has 2 aromatic rings. The third-order valence-electron chi connectivity index (χ3n) is 6.26. The number of ketones is 1. The standard InChI is InChI=1S/C25H25N3O5/c1-15-3-5-18(13-23(15)28(32)33)12-20(29)8-6-17-7-9-21-19(11-17)14-27(25(21)31)22-10-4-16(2)26-24(22)30/h3,5,7,9,11,13,22H,2,4,6,8,10,12,14H2,1H3,(H,26,30). The second kappa shape index (κ2) is 8.97. The van der Waals surface area contributed by atoms with Gasteiger partial charge in [-0.25, -0.2) is 0 Å². The second-order valence-electron chi connectivity index (χ2n) is 8.67. The molecule has 0 bridgehead atoms. The second-order valence-corrected chi connectivity index (χ2v) is 8.67. The summed E-state index contributed by atoms with van der Waals surface area (Å²) in [6, 6.07) is 9.89. The lowest BCUT2D eigenvalue weighted by atomic mass is 9.99. The van der Waals surface area contributed by atoms with Crippen LogP contribution in [0.5, 0.6) is 0 Å². The zero-order valence-electron chi connectivity index (χ0n) is 18.4. The minimum atomic E-state index is -0.501. The Morgan fingerprint density at radius 3 is 2.70 bits per heavy atom. The number of nitrogens with one attached hydrogen (secondary N) is 1. The topological polar surface area (TPSA) is 110 Å². The Balaban J connectivity index is 1.38. The van der Waals surface area contributed by atoms with E-state index in [9.17, 15) is 24.5 Å². The van der Waals surface area contributed by atoms with Gasteiger partial charge in [0, 0.05) is 42.3 Å². The highest BCUT2D eigenvalue weighted by molar-refractivity contribution is 6.01. The molecule has 2 aliphatic rings. The predicted molar refractivity (Wildman–Crippen MR) is 121 cm³/mol. The van der Waals surface area contributed by atoms with Crippen LogP contribution in [0.25, 0.3) is 0 Å². The zero-order valence-corrected chi connectivity index (χ0v) is 18.4. The summed E-state index contributed by atoms with van der Waals surface area (Å²) < 4.78 is 0. The van der Waals surface area contributed by atoms with Crippen molar-refractivity contribution < 1.29 is 19.3 Å². The van der Waals surface area contributed by atoms with Crippen LogP contribution in [0, 0.1) is 17.0 Å². The number of nitro groups is 1. The van der Waals surface area contributed by atoms with Crippen molar-refractivity contribution in [2.75, 3.05) is 0 Å². The molecule has 8 nitrogen and oxygen atoms in total. The molecule has 1 N–H and O–H groups in total. The van der Waals surface area contributed by atoms with Crippen LogP contribution in [-0.2, 0) is 29.0 Å². The summed E-state index contributed by atoms with van der Waals surface area (Å²) in [5, 5.41) is 13.8. The maximum atomic E-state index is 12.8. The van der Waals surface area contributed by atoms with Crippen molar-refractivity contribution in [1.29, 1.82) is 0 Å². The van der Waals surface area contributed by atoms with Crippen molar-refractivity contribution in [3.05, 3.63) is 86.6 Å². The number of nitro benzene ring substituents is 1. The van der Waals surface area contributed by atoms with Crippen LogP contribution >= 0.6 is 0 Å². The first kappa shape index (κ1) is 22.4. The van der Waals surface area contributed by atoms with E-state index in [1.165, 1.54) is 6.07 Å². The monoisotopic (exact) mass is 447 g/mol. The Morgan fingerprint density at radius 1 is 1.21 bits per heavy atom. The van der Waals surface area contributed by atoms with Gasteiger partial charge in [0.15, 0.2) is 0 Å². The predicted octanol–water partition coefficient (Wildman–Crippen LogP) is 3.40. The normalized spacial score (nSPS) is 17.7. The number of allylic oxidation sites excluding steroid dienone is 1. The van der Waals surface area contributed by atoms with Crippen molar-refractivity contribution in [3.8, 4) is 0 Å². The number of piperidine rings is 1. The molecule has 2 aliphatic heterocycles. The molecular formula is C25H25N3O5. The van der Waals surface area contributed by atoms with E-state index in [2.05, 4.69) is 11.9 Å². The van der Waals surface area contributed by atoms with Crippen molar-refractivity contribution >= 4 is 23.3 Å². The number of benzene rings is 2. The molecule has 0 radical (unpaired) electrons. The molecule has 1 unspecified atom stereocenters. The fourth-order valence-corrected chi connectivity index (χ4v) is 4.42. The minimum absolute atomic E-state index is 0.00883. The highest BCUT2D eigenvalue weighted by Crippen LogP contribution is 2.29. The molecule has 0 spiro atoms. The number of fused-ring (bicyclic) bond motifs is 1. The third-order valence-corrected chi connectivity index (χ3v) is 6.26. The molecule has 33 heavy (non-hydrogen) atoms. The molecule has 1 saturated heterocycles. The zero-order chi connectivity index (χ0) is 23.7. The van der Waals surface area contributed by atoms with Crippen molar-refractivity contribution in [3.63, 3.8) is 0 Å². The summed E-state index contributed by atoms with van der Waals surface area (Å²) in [6.45, 7) is 5.82. The molecule has 1 fully saturated rings. The van der Waals surface area contributed by atoms with Crippen LogP contribution in [-0.4, -0.2) is 33.5 Å². The highest BCUT2D eigenvalue weighted by atomic mass is 16.6. The van der Waals surface area contributed by atoms with Crippen LogP contribution in [0.4, 0.5) is 5.69 Å². The van der Waals surface area contributed by atoms with Gasteiger partial charge < -0.3 is 10.2 Å². The number of carbonyl (C=O) groups is 3. The number of carbonyl (C=O) groups excluding carboxylic acids is 3. The smallest absolute Gasteiger partial charge is 0.272 e. The van der Waals surface area contributed by atoms with E-state index in [0.717, 1.165) is 11.1 Å². The van der Waals surface area contributed by atoms with Crippen molar-refractivity contribution in [2.24, 2.45) is 0 Å². The summed E-state index contributed by atoms with van der Waals surface area (Å²) in [5.41, 5.74) is 4.27. The molecule has 1 atom stereocenters. The molecule has 2 heterocycles. The number of aryl methyl sites for hydroxylation is 2. The van der Waals surface area contributed by atoms with Crippen LogP contribution < -0.4 is 5.32 Å². The number of nitrogens with zero attached hydrogens (tertiary/aromatic N) is 2. The van der Waals surface area contributed by atoms with Gasteiger partial charge in [-0.3, -0.25) is 24.5 Å². The van der Waals surface area contributed by atoms with Gasteiger partial charge in [-0.05, 0) is 48.9 Å². The van der Waals surface area contributed by atoms with Crippen molar-refractivity contribution in [1.82, 2.24) is 10.2 Å². The largest absolute Gasteiger partial charge is 0.329 e. The van der Waals surface area contributed by atoms with Crippen LogP contribution in [0.3, 0.4) is 0 Å².